The first kappa shape index (κ1) is 20.0. The molecule has 3 rings (SSSR count). The summed E-state index contributed by atoms with van der Waals surface area (Å²) in [4.78, 5) is 22.6. The lowest BCUT2D eigenvalue weighted by atomic mass is 10.2. The maximum absolute atomic E-state index is 12.2. The zero-order valence-electron chi connectivity index (χ0n) is 14.8. The number of carbonyl (C=O) groups excluding carboxylic acids is 1. The van der Waals surface area contributed by atoms with E-state index in [2.05, 4.69) is 31.4 Å². The molecule has 0 unspecified atom stereocenters. The van der Waals surface area contributed by atoms with Crippen molar-refractivity contribution >= 4 is 44.9 Å². The lowest BCUT2D eigenvalue weighted by Gasteiger charge is -2.05. The predicted octanol–water partition coefficient (Wildman–Crippen LogP) is 3.79. The lowest BCUT2D eigenvalue weighted by Crippen LogP contribution is -2.16. The fraction of sp³-hybridized carbons (Fsp3) is 0.235. The number of carbonyl (C=O) groups is 1. The van der Waals surface area contributed by atoms with Gasteiger partial charge >= 0.3 is 5.69 Å². The average molecular weight is 468 g/mol. The first-order chi connectivity index (χ1) is 13.3. The van der Waals surface area contributed by atoms with Crippen molar-refractivity contribution in [1.29, 1.82) is 0 Å². The van der Waals surface area contributed by atoms with Gasteiger partial charge in [-0.05, 0) is 34.5 Å². The highest BCUT2D eigenvalue weighted by atomic mass is 79.9. The Morgan fingerprint density at radius 3 is 2.82 bits per heavy atom. The molecule has 0 fully saturated rings. The van der Waals surface area contributed by atoms with Gasteiger partial charge in [-0.1, -0.05) is 29.8 Å². The third-order valence-corrected chi connectivity index (χ3v) is 5.04. The minimum Gasteiger partial charge on any atom is -0.308 e. The van der Waals surface area contributed by atoms with Crippen LogP contribution in [0.2, 0.25) is 5.02 Å². The summed E-state index contributed by atoms with van der Waals surface area (Å²) in [6.45, 7) is 2.28. The number of rotatable bonds is 7. The van der Waals surface area contributed by atoms with E-state index >= 15 is 0 Å². The summed E-state index contributed by atoms with van der Waals surface area (Å²) in [6.07, 6.45) is 3.03. The highest BCUT2D eigenvalue weighted by Crippen LogP contribution is 2.23. The van der Waals surface area contributed by atoms with Crippen LogP contribution in [0.25, 0.3) is 0 Å². The molecule has 1 amide bonds. The van der Waals surface area contributed by atoms with Crippen LogP contribution >= 0.6 is 27.5 Å². The van der Waals surface area contributed by atoms with Crippen LogP contribution in [0.4, 0.5) is 11.5 Å². The molecule has 11 heteroatoms. The third-order valence-electron chi connectivity index (χ3n) is 4.09. The predicted molar refractivity (Wildman–Crippen MR) is 107 cm³/mol. The molecule has 0 atom stereocenters. The van der Waals surface area contributed by atoms with E-state index in [9.17, 15) is 14.9 Å². The minimum absolute atomic E-state index is 0.0681. The number of hydrogen-bond acceptors (Lipinski definition) is 5. The molecule has 0 spiro atoms. The molecule has 3 aromatic rings. The summed E-state index contributed by atoms with van der Waals surface area (Å²) < 4.78 is 3.74. The van der Waals surface area contributed by atoms with Crippen LogP contribution in [0.1, 0.15) is 17.7 Å². The van der Waals surface area contributed by atoms with Crippen molar-refractivity contribution in [1.82, 2.24) is 19.6 Å². The Bertz CT molecular complexity index is 1030. The van der Waals surface area contributed by atoms with E-state index in [0.29, 0.717) is 27.6 Å². The molecule has 0 radical (unpaired) electrons. The molecular formula is C17H16BrClN6O3. The smallest absolute Gasteiger partial charge is 0.308 e. The Hall–Kier alpha value is -2.72. The second-order valence-electron chi connectivity index (χ2n) is 6.01. The Morgan fingerprint density at radius 2 is 2.14 bits per heavy atom. The van der Waals surface area contributed by atoms with Gasteiger partial charge < -0.3 is 5.32 Å². The first-order valence-electron chi connectivity index (χ1n) is 8.28. The van der Waals surface area contributed by atoms with Crippen molar-refractivity contribution in [3.8, 4) is 0 Å². The lowest BCUT2D eigenvalue weighted by molar-refractivity contribution is -0.385. The SMILES string of the molecule is Cc1c([N+](=O)[O-])cnn1CCC(=O)Nc1nn(Cc2ccccc2Cl)cc1Br. The Kier molecular flexibility index (Phi) is 6.10. The summed E-state index contributed by atoms with van der Waals surface area (Å²) >= 11 is 9.55. The number of amides is 1. The van der Waals surface area contributed by atoms with Crippen molar-refractivity contribution in [3.63, 3.8) is 0 Å². The molecule has 9 nitrogen and oxygen atoms in total. The van der Waals surface area contributed by atoms with Crippen molar-refractivity contribution in [2.24, 2.45) is 0 Å². The topological polar surface area (TPSA) is 108 Å². The highest BCUT2D eigenvalue weighted by molar-refractivity contribution is 9.10. The first-order valence-corrected chi connectivity index (χ1v) is 9.45. The molecule has 0 saturated carbocycles. The van der Waals surface area contributed by atoms with Crippen LogP contribution in [0, 0.1) is 17.0 Å². The van der Waals surface area contributed by atoms with E-state index in [1.807, 2.05) is 18.2 Å². The number of halogens is 2. The molecule has 0 aliphatic rings. The van der Waals surface area contributed by atoms with Crippen molar-refractivity contribution in [3.05, 3.63) is 67.5 Å². The third kappa shape index (κ3) is 4.57. The van der Waals surface area contributed by atoms with Crippen molar-refractivity contribution in [2.45, 2.75) is 26.4 Å². The number of aryl methyl sites for hydroxylation is 1. The molecule has 28 heavy (non-hydrogen) atoms. The quantitative estimate of drug-likeness (QED) is 0.420. The number of aromatic nitrogens is 4. The summed E-state index contributed by atoms with van der Waals surface area (Å²) in [6, 6.07) is 7.46. The molecule has 0 saturated heterocycles. The number of benzene rings is 1. The van der Waals surface area contributed by atoms with E-state index in [1.165, 1.54) is 10.9 Å². The Labute approximate surface area is 173 Å². The van der Waals surface area contributed by atoms with E-state index in [0.717, 1.165) is 5.56 Å². The van der Waals surface area contributed by atoms with Crippen molar-refractivity contribution in [2.75, 3.05) is 5.32 Å². The van der Waals surface area contributed by atoms with Gasteiger partial charge in [0.15, 0.2) is 5.82 Å². The van der Waals surface area contributed by atoms with Gasteiger partial charge in [-0.25, -0.2) is 0 Å². The monoisotopic (exact) mass is 466 g/mol. The minimum atomic E-state index is -0.498. The molecule has 0 aliphatic heterocycles. The molecule has 2 heterocycles. The second kappa shape index (κ2) is 8.53. The maximum atomic E-state index is 12.2. The molecule has 0 bridgehead atoms. The van der Waals surface area contributed by atoms with Gasteiger partial charge in [-0.3, -0.25) is 24.3 Å². The zero-order valence-corrected chi connectivity index (χ0v) is 17.1. The molecule has 0 aliphatic carbocycles. The standard InChI is InChI=1S/C17H16BrClN6O3/c1-11-15(25(27)28)8-20-24(11)7-6-16(26)21-17-13(18)10-23(22-17)9-12-4-2-3-5-14(12)19/h2-5,8,10H,6-7,9H2,1H3,(H,21,22,26). The number of nitrogens with one attached hydrogen (secondary N) is 1. The van der Waals surface area contributed by atoms with Crippen LogP contribution in [-0.2, 0) is 17.9 Å². The molecular weight excluding hydrogens is 452 g/mol. The number of nitrogens with zero attached hydrogens (tertiary/aromatic N) is 5. The van der Waals surface area contributed by atoms with Gasteiger partial charge in [0.2, 0.25) is 5.91 Å². The highest BCUT2D eigenvalue weighted by Gasteiger charge is 2.17. The molecule has 146 valence electrons. The van der Waals surface area contributed by atoms with Gasteiger partial charge in [0.05, 0.1) is 22.5 Å². The van der Waals surface area contributed by atoms with Gasteiger partial charge in [0.1, 0.15) is 11.9 Å². The number of nitro groups is 1. The summed E-state index contributed by atoms with van der Waals surface area (Å²) in [7, 11) is 0. The van der Waals surface area contributed by atoms with Gasteiger partial charge in [0, 0.05) is 17.6 Å². The van der Waals surface area contributed by atoms with Crippen LogP contribution in [-0.4, -0.2) is 30.4 Å². The van der Waals surface area contributed by atoms with Crippen LogP contribution < -0.4 is 5.32 Å². The van der Waals surface area contributed by atoms with Crippen LogP contribution in [0.3, 0.4) is 0 Å². The van der Waals surface area contributed by atoms with Gasteiger partial charge in [0.25, 0.3) is 0 Å². The molecule has 2 aromatic heterocycles. The van der Waals surface area contributed by atoms with Crippen molar-refractivity contribution < 1.29 is 9.72 Å². The largest absolute Gasteiger partial charge is 0.309 e. The van der Waals surface area contributed by atoms with E-state index in [1.54, 1.807) is 23.9 Å². The number of anilines is 1. The fourth-order valence-electron chi connectivity index (χ4n) is 2.61. The fourth-order valence-corrected chi connectivity index (χ4v) is 3.22. The maximum Gasteiger partial charge on any atom is 0.309 e. The Morgan fingerprint density at radius 1 is 1.39 bits per heavy atom. The van der Waals surface area contributed by atoms with E-state index in [4.69, 9.17) is 11.6 Å². The number of hydrogen-bond donors (Lipinski definition) is 1. The van der Waals surface area contributed by atoms with E-state index in [-0.39, 0.29) is 24.6 Å². The second-order valence-corrected chi connectivity index (χ2v) is 7.27. The van der Waals surface area contributed by atoms with Gasteiger partial charge in [-0.15, -0.1) is 0 Å². The normalized spacial score (nSPS) is 10.8. The summed E-state index contributed by atoms with van der Waals surface area (Å²) in [5.41, 5.74) is 1.25. The van der Waals surface area contributed by atoms with Crippen LogP contribution in [0.15, 0.2) is 41.1 Å². The average Bonchev–Trinajstić information content (AvgIpc) is 3.18. The summed E-state index contributed by atoms with van der Waals surface area (Å²) in [5, 5.41) is 22.5. The zero-order chi connectivity index (χ0) is 20.3. The van der Waals surface area contributed by atoms with Gasteiger partial charge in [-0.2, -0.15) is 10.2 Å². The summed E-state index contributed by atoms with van der Waals surface area (Å²) in [5.74, 6) is 0.112. The Balaban J connectivity index is 1.61. The van der Waals surface area contributed by atoms with Crippen LogP contribution in [0.5, 0.6) is 0 Å². The molecule has 1 N–H and O–H groups in total. The van der Waals surface area contributed by atoms with E-state index < -0.39 is 4.92 Å². The molecule has 1 aromatic carbocycles.